The standard InChI is InChI=1S/C31H31F3N6O2/c1-4-14-35-20(2)17-36-29(41)21(3)22-8-10-23(11-9-22)24-12-13-28-27(15-24)38-19-40(28)26-7-5-6-25(16-26)39-30(42)37-18-31(32,33)34/h4-16,19,21H,17-18H2,1-3H3,(H,36,41)(H2,37,39,42)/b14-4-,35-20?. The third-order valence-corrected chi connectivity index (χ3v) is 6.48. The van der Waals surface area contributed by atoms with E-state index < -0.39 is 18.8 Å². The van der Waals surface area contributed by atoms with Gasteiger partial charge in [-0.25, -0.2) is 9.78 Å². The number of hydrogen-bond donors (Lipinski definition) is 3. The fourth-order valence-corrected chi connectivity index (χ4v) is 4.22. The first-order chi connectivity index (χ1) is 20.0. The molecular formula is C31H31F3N6O2. The minimum absolute atomic E-state index is 0.0778. The maximum atomic E-state index is 12.6. The van der Waals surface area contributed by atoms with Crippen LogP contribution in [0.2, 0.25) is 0 Å². The molecule has 4 rings (SSSR count). The number of hydrogen-bond acceptors (Lipinski definition) is 4. The number of carbonyl (C=O) groups excluding carboxylic acids is 2. The van der Waals surface area contributed by atoms with Crippen molar-refractivity contribution in [2.75, 3.05) is 18.4 Å². The van der Waals surface area contributed by atoms with Crippen LogP contribution in [-0.4, -0.2) is 46.5 Å². The zero-order valence-electron chi connectivity index (χ0n) is 23.4. The van der Waals surface area contributed by atoms with Crippen LogP contribution in [0.1, 0.15) is 32.3 Å². The van der Waals surface area contributed by atoms with Gasteiger partial charge in [-0.3, -0.25) is 14.4 Å². The number of imidazole rings is 1. The van der Waals surface area contributed by atoms with Crippen molar-refractivity contribution in [3.63, 3.8) is 0 Å². The van der Waals surface area contributed by atoms with E-state index in [0.29, 0.717) is 17.9 Å². The Morgan fingerprint density at radius 3 is 2.48 bits per heavy atom. The number of anilines is 1. The van der Waals surface area contributed by atoms with E-state index in [2.05, 4.69) is 20.6 Å². The number of urea groups is 1. The van der Waals surface area contributed by atoms with Crippen LogP contribution in [0, 0.1) is 0 Å². The zero-order chi connectivity index (χ0) is 30.3. The van der Waals surface area contributed by atoms with Crippen LogP contribution in [0.5, 0.6) is 0 Å². The van der Waals surface area contributed by atoms with E-state index in [0.717, 1.165) is 33.4 Å². The van der Waals surface area contributed by atoms with Crippen LogP contribution in [0.4, 0.5) is 23.7 Å². The Bertz CT molecular complexity index is 1620. The number of fused-ring (bicyclic) bond motifs is 1. The van der Waals surface area contributed by atoms with Crippen molar-refractivity contribution in [2.45, 2.75) is 32.9 Å². The van der Waals surface area contributed by atoms with Crippen molar-refractivity contribution < 1.29 is 22.8 Å². The van der Waals surface area contributed by atoms with Crippen molar-refractivity contribution in [1.82, 2.24) is 20.2 Å². The van der Waals surface area contributed by atoms with Crippen LogP contribution >= 0.6 is 0 Å². The lowest BCUT2D eigenvalue weighted by molar-refractivity contribution is -0.123. The molecule has 0 radical (unpaired) electrons. The highest BCUT2D eigenvalue weighted by atomic mass is 19.4. The summed E-state index contributed by atoms with van der Waals surface area (Å²) in [5.74, 6) is -0.404. The highest BCUT2D eigenvalue weighted by Gasteiger charge is 2.27. The molecule has 1 atom stereocenters. The molecule has 1 aromatic heterocycles. The molecule has 0 fully saturated rings. The van der Waals surface area contributed by atoms with Crippen LogP contribution in [0.15, 0.2) is 90.3 Å². The van der Waals surface area contributed by atoms with Crippen LogP contribution in [0.25, 0.3) is 27.8 Å². The first-order valence-corrected chi connectivity index (χ1v) is 13.3. The Labute approximate surface area is 241 Å². The number of carbonyl (C=O) groups is 2. The van der Waals surface area contributed by atoms with Crippen molar-refractivity contribution in [1.29, 1.82) is 0 Å². The van der Waals surface area contributed by atoms with E-state index in [1.165, 1.54) is 0 Å². The fraction of sp³-hybridized carbons (Fsp3) is 0.226. The average Bonchev–Trinajstić information content (AvgIpc) is 3.40. The number of allylic oxidation sites excluding steroid dienone is 1. The second-order valence-electron chi connectivity index (χ2n) is 9.70. The molecular weight excluding hydrogens is 545 g/mol. The number of alkyl halides is 3. The van der Waals surface area contributed by atoms with Gasteiger partial charge in [0, 0.05) is 23.3 Å². The van der Waals surface area contributed by atoms with E-state index in [1.807, 2.05) is 73.9 Å². The number of nitrogens with zero attached hydrogens (tertiary/aromatic N) is 3. The molecule has 0 saturated heterocycles. The van der Waals surface area contributed by atoms with Crippen molar-refractivity contribution >= 4 is 34.4 Å². The Hall–Kier alpha value is -4.93. The summed E-state index contributed by atoms with van der Waals surface area (Å²) >= 11 is 0. The monoisotopic (exact) mass is 576 g/mol. The van der Waals surface area contributed by atoms with E-state index in [1.54, 1.807) is 42.1 Å². The molecule has 0 aliphatic heterocycles. The maximum Gasteiger partial charge on any atom is 0.405 e. The van der Waals surface area contributed by atoms with Gasteiger partial charge in [-0.15, -0.1) is 0 Å². The van der Waals surface area contributed by atoms with Gasteiger partial charge in [0.05, 0.1) is 23.5 Å². The van der Waals surface area contributed by atoms with Gasteiger partial charge in [0.2, 0.25) is 5.91 Å². The average molecular weight is 577 g/mol. The number of aliphatic imine (C=N–C) groups is 1. The highest BCUT2D eigenvalue weighted by Crippen LogP contribution is 2.28. The number of benzene rings is 3. The van der Waals surface area contributed by atoms with Gasteiger partial charge in [0.25, 0.3) is 0 Å². The van der Waals surface area contributed by atoms with Gasteiger partial charge in [0.15, 0.2) is 0 Å². The molecule has 4 aromatic rings. The summed E-state index contributed by atoms with van der Waals surface area (Å²) in [4.78, 5) is 33.2. The summed E-state index contributed by atoms with van der Waals surface area (Å²) in [5, 5.41) is 7.12. The quantitative estimate of drug-likeness (QED) is 0.196. The Morgan fingerprint density at radius 2 is 1.76 bits per heavy atom. The Kier molecular flexibility index (Phi) is 9.41. The summed E-state index contributed by atoms with van der Waals surface area (Å²) in [7, 11) is 0. The van der Waals surface area contributed by atoms with Crippen molar-refractivity contribution in [2.24, 2.45) is 4.99 Å². The molecule has 0 aliphatic carbocycles. The smallest absolute Gasteiger partial charge is 0.350 e. The highest BCUT2D eigenvalue weighted by molar-refractivity contribution is 5.91. The van der Waals surface area contributed by atoms with Gasteiger partial charge in [0.1, 0.15) is 12.9 Å². The van der Waals surface area contributed by atoms with Gasteiger partial charge < -0.3 is 16.0 Å². The maximum absolute atomic E-state index is 12.6. The lowest BCUT2D eigenvalue weighted by Gasteiger charge is -2.13. The first-order valence-electron chi connectivity index (χ1n) is 13.3. The number of rotatable bonds is 9. The fourth-order valence-electron chi connectivity index (χ4n) is 4.22. The minimum Gasteiger partial charge on any atom is -0.350 e. The second kappa shape index (κ2) is 13.2. The molecule has 1 unspecified atom stereocenters. The normalized spacial score (nSPS) is 12.9. The molecule has 0 spiro atoms. The van der Waals surface area contributed by atoms with Gasteiger partial charge in [-0.05, 0) is 67.8 Å². The summed E-state index contributed by atoms with van der Waals surface area (Å²) in [6.45, 7) is 4.57. The third kappa shape index (κ3) is 7.84. The van der Waals surface area contributed by atoms with E-state index >= 15 is 0 Å². The van der Waals surface area contributed by atoms with Crippen LogP contribution in [0.3, 0.4) is 0 Å². The molecule has 8 nitrogen and oxygen atoms in total. The lowest BCUT2D eigenvalue weighted by atomic mass is 9.96. The third-order valence-electron chi connectivity index (χ3n) is 6.48. The molecule has 3 amide bonds. The summed E-state index contributed by atoms with van der Waals surface area (Å²) in [5.41, 5.74) is 6.19. The van der Waals surface area contributed by atoms with Crippen LogP contribution in [-0.2, 0) is 4.79 Å². The summed E-state index contributed by atoms with van der Waals surface area (Å²) in [6, 6.07) is 19.4. The SMILES string of the molecule is C/C=C\N=C(C)CNC(=O)C(C)c1ccc(-c2ccc3c(c2)ncn3-c2cccc(NC(=O)NCC(F)(F)F)c2)cc1. The molecule has 3 aromatic carbocycles. The molecule has 3 N–H and O–H groups in total. The van der Waals surface area contributed by atoms with Crippen molar-refractivity contribution in [3.05, 3.63) is 90.9 Å². The number of nitrogens with one attached hydrogen (secondary N) is 3. The lowest BCUT2D eigenvalue weighted by Crippen LogP contribution is -2.36. The molecule has 42 heavy (non-hydrogen) atoms. The summed E-state index contributed by atoms with van der Waals surface area (Å²) in [6.07, 6.45) is 0.671. The molecule has 1 heterocycles. The Morgan fingerprint density at radius 1 is 1.02 bits per heavy atom. The number of halogens is 3. The van der Waals surface area contributed by atoms with Gasteiger partial charge >= 0.3 is 12.2 Å². The van der Waals surface area contributed by atoms with Gasteiger partial charge in [-0.1, -0.05) is 42.5 Å². The Balaban J connectivity index is 1.45. The molecule has 218 valence electrons. The van der Waals surface area contributed by atoms with E-state index in [9.17, 15) is 22.8 Å². The first kappa shape index (κ1) is 30.0. The second-order valence-corrected chi connectivity index (χ2v) is 9.70. The predicted octanol–water partition coefficient (Wildman–Crippen LogP) is 6.59. The molecule has 0 aliphatic rings. The topological polar surface area (TPSA) is 100 Å². The van der Waals surface area contributed by atoms with Crippen LogP contribution < -0.4 is 16.0 Å². The van der Waals surface area contributed by atoms with Gasteiger partial charge in [-0.2, -0.15) is 13.2 Å². The zero-order valence-corrected chi connectivity index (χ0v) is 23.4. The number of aromatic nitrogens is 2. The number of amides is 3. The largest absolute Gasteiger partial charge is 0.405 e. The molecule has 11 heteroatoms. The molecule has 0 bridgehead atoms. The van der Waals surface area contributed by atoms with Crippen molar-refractivity contribution in [3.8, 4) is 16.8 Å². The predicted molar refractivity (Wildman–Crippen MR) is 159 cm³/mol. The van der Waals surface area contributed by atoms with E-state index in [-0.39, 0.29) is 11.8 Å². The summed E-state index contributed by atoms with van der Waals surface area (Å²) < 4.78 is 38.9. The van der Waals surface area contributed by atoms with E-state index in [4.69, 9.17) is 0 Å². The minimum atomic E-state index is -4.49. The molecule has 0 saturated carbocycles.